The van der Waals surface area contributed by atoms with Gasteiger partial charge in [-0.3, -0.25) is 0 Å². The van der Waals surface area contributed by atoms with Gasteiger partial charge < -0.3 is 24.9 Å². The van der Waals surface area contributed by atoms with E-state index in [2.05, 4.69) is 15.3 Å². The SMILES string of the molecule is COc1cc(OC)c2c(C)c(/C=N/O)[nH]c2c1/C=N/O. The minimum absolute atomic E-state index is 0.501. The Morgan fingerprint density at radius 1 is 1.10 bits per heavy atom. The Hall–Kier alpha value is -2.70. The lowest BCUT2D eigenvalue weighted by Gasteiger charge is -2.10. The molecule has 2 aromatic rings. The molecule has 106 valence electrons. The molecule has 0 fully saturated rings. The predicted molar refractivity (Wildman–Crippen MR) is 74.9 cm³/mol. The molecule has 1 heterocycles. The number of fused-ring (bicyclic) bond motifs is 1. The maximum atomic E-state index is 8.81. The number of aromatic amines is 1. The van der Waals surface area contributed by atoms with E-state index < -0.39 is 0 Å². The van der Waals surface area contributed by atoms with Gasteiger partial charge >= 0.3 is 0 Å². The fourth-order valence-corrected chi connectivity index (χ4v) is 2.22. The van der Waals surface area contributed by atoms with Gasteiger partial charge in [-0.1, -0.05) is 10.3 Å². The second-order valence-corrected chi connectivity index (χ2v) is 4.10. The molecule has 0 saturated carbocycles. The van der Waals surface area contributed by atoms with Gasteiger partial charge in [0.05, 0.1) is 43.4 Å². The molecule has 0 aliphatic rings. The van der Waals surface area contributed by atoms with Crippen LogP contribution >= 0.6 is 0 Å². The van der Waals surface area contributed by atoms with Crippen LogP contribution in [0.4, 0.5) is 0 Å². The van der Waals surface area contributed by atoms with Gasteiger partial charge in [0.25, 0.3) is 0 Å². The summed E-state index contributed by atoms with van der Waals surface area (Å²) in [5.41, 5.74) is 2.73. The van der Waals surface area contributed by atoms with Gasteiger partial charge in [-0.05, 0) is 12.5 Å². The zero-order valence-corrected chi connectivity index (χ0v) is 11.3. The lowest BCUT2D eigenvalue weighted by molar-refractivity contribution is 0.321. The molecule has 20 heavy (non-hydrogen) atoms. The Kier molecular flexibility index (Phi) is 3.79. The molecule has 0 aliphatic carbocycles. The highest BCUT2D eigenvalue weighted by atomic mass is 16.5. The van der Waals surface area contributed by atoms with Gasteiger partial charge in [0.15, 0.2) is 0 Å². The number of rotatable bonds is 4. The minimum atomic E-state index is 0.501. The van der Waals surface area contributed by atoms with Crippen molar-refractivity contribution in [3.63, 3.8) is 0 Å². The van der Waals surface area contributed by atoms with Crippen LogP contribution in [0.1, 0.15) is 16.8 Å². The molecular formula is C13H15N3O4. The van der Waals surface area contributed by atoms with Crippen molar-refractivity contribution < 1.29 is 19.9 Å². The minimum Gasteiger partial charge on any atom is -0.496 e. The summed E-state index contributed by atoms with van der Waals surface area (Å²) in [6, 6.07) is 1.71. The highest BCUT2D eigenvalue weighted by molar-refractivity contribution is 6.07. The molecule has 1 aromatic carbocycles. The van der Waals surface area contributed by atoms with E-state index in [-0.39, 0.29) is 0 Å². The summed E-state index contributed by atoms with van der Waals surface area (Å²) in [5, 5.41) is 24.4. The first-order chi connectivity index (χ1) is 9.67. The average Bonchev–Trinajstić information content (AvgIpc) is 2.78. The lowest BCUT2D eigenvalue weighted by Crippen LogP contribution is -1.95. The predicted octanol–water partition coefficient (Wildman–Crippen LogP) is 2.11. The quantitative estimate of drug-likeness (QED) is 0.452. The lowest BCUT2D eigenvalue weighted by atomic mass is 10.1. The van der Waals surface area contributed by atoms with Crippen molar-refractivity contribution in [2.75, 3.05) is 14.2 Å². The summed E-state index contributed by atoms with van der Waals surface area (Å²) < 4.78 is 10.6. The number of aromatic nitrogens is 1. The van der Waals surface area contributed by atoms with Gasteiger partial charge in [-0.25, -0.2) is 0 Å². The van der Waals surface area contributed by atoms with Crippen LogP contribution in [-0.2, 0) is 0 Å². The number of nitrogens with one attached hydrogen (secondary N) is 1. The first-order valence-corrected chi connectivity index (χ1v) is 5.80. The molecule has 7 heteroatoms. The third-order valence-electron chi connectivity index (χ3n) is 3.15. The van der Waals surface area contributed by atoms with Crippen LogP contribution in [0.25, 0.3) is 10.9 Å². The van der Waals surface area contributed by atoms with Crippen LogP contribution in [0.3, 0.4) is 0 Å². The zero-order chi connectivity index (χ0) is 14.7. The zero-order valence-electron chi connectivity index (χ0n) is 11.3. The van der Waals surface area contributed by atoms with Crippen molar-refractivity contribution in [3.8, 4) is 11.5 Å². The Morgan fingerprint density at radius 3 is 2.30 bits per heavy atom. The van der Waals surface area contributed by atoms with Crippen molar-refractivity contribution in [1.29, 1.82) is 0 Å². The number of oxime groups is 2. The van der Waals surface area contributed by atoms with Gasteiger partial charge in [-0.2, -0.15) is 0 Å². The van der Waals surface area contributed by atoms with Gasteiger partial charge in [-0.15, -0.1) is 0 Å². The largest absolute Gasteiger partial charge is 0.496 e. The summed E-state index contributed by atoms with van der Waals surface area (Å²) >= 11 is 0. The normalized spacial score (nSPS) is 11.8. The molecular weight excluding hydrogens is 262 g/mol. The van der Waals surface area contributed by atoms with E-state index >= 15 is 0 Å². The Labute approximate surface area is 115 Å². The van der Waals surface area contributed by atoms with Gasteiger partial charge in [0.1, 0.15) is 11.5 Å². The molecule has 0 bridgehead atoms. The smallest absolute Gasteiger partial charge is 0.133 e. The molecule has 0 aliphatic heterocycles. The average molecular weight is 277 g/mol. The Bertz CT molecular complexity index is 689. The Balaban J connectivity index is 2.91. The number of hydrogen-bond acceptors (Lipinski definition) is 6. The molecule has 0 spiro atoms. The maximum Gasteiger partial charge on any atom is 0.133 e. The summed E-state index contributed by atoms with van der Waals surface area (Å²) in [6.45, 7) is 1.87. The number of aryl methyl sites for hydroxylation is 1. The van der Waals surface area contributed by atoms with Crippen molar-refractivity contribution in [2.45, 2.75) is 6.92 Å². The number of hydrogen-bond donors (Lipinski definition) is 3. The third kappa shape index (κ3) is 2.03. The summed E-state index contributed by atoms with van der Waals surface area (Å²) in [6.07, 6.45) is 2.57. The second kappa shape index (κ2) is 5.52. The molecule has 2 rings (SSSR count). The highest BCUT2D eigenvalue weighted by Crippen LogP contribution is 2.37. The topological polar surface area (TPSA) is 99.4 Å². The number of methoxy groups -OCH3 is 2. The standard InChI is InChI=1S/C13H15N3O4/c1-7-9(6-15-18)16-13-8(5-14-17)10(19-2)4-11(20-3)12(7)13/h4-6,16-18H,1-3H3/b14-5+,15-6+. The fraction of sp³-hybridized carbons (Fsp3) is 0.231. The number of H-pyrrole nitrogens is 1. The molecule has 0 atom stereocenters. The van der Waals surface area contributed by atoms with Crippen LogP contribution in [0.5, 0.6) is 11.5 Å². The molecule has 1 aromatic heterocycles. The van der Waals surface area contributed by atoms with Crippen LogP contribution in [0, 0.1) is 6.92 Å². The van der Waals surface area contributed by atoms with Crippen LogP contribution in [0.2, 0.25) is 0 Å². The van der Waals surface area contributed by atoms with Crippen molar-refractivity contribution in [2.24, 2.45) is 10.3 Å². The van der Waals surface area contributed by atoms with Crippen molar-refractivity contribution in [3.05, 3.63) is 22.9 Å². The van der Waals surface area contributed by atoms with Crippen LogP contribution < -0.4 is 9.47 Å². The van der Waals surface area contributed by atoms with E-state index in [1.165, 1.54) is 19.5 Å². The number of ether oxygens (including phenoxy) is 2. The first-order valence-electron chi connectivity index (χ1n) is 5.80. The van der Waals surface area contributed by atoms with Gasteiger partial charge in [0.2, 0.25) is 0 Å². The summed E-state index contributed by atoms with van der Waals surface area (Å²) in [5.74, 6) is 1.11. The summed E-state index contributed by atoms with van der Waals surface area (Å²) in [4.78, 5) is 3.10. The molecule has 0 unspecified atom stereocenters. The van der Waals surface area contributed by atoms with E-state index in [0.29, 0.717) is 28.3 Å². The maximum absolute atomic E-state index is 8.81. The fourth-order valence-electron chi connectivity index (χ4n) is 2.22. The second-order valence-electron chi connectivity index (χ2n) is 4.10. The van der Waals surface area contributed by atoms with E-state index in [4.69, 9.17) is 19.9 Å². The number of benzene rings is 1. The summed E-state index contributed by atoms with van der Waals surface area (Å²) in [7, 11) is 3.07. The highest BCUT2D eigenvalue weighted by Gasteiger charge is 2.18. The van der Waals surface area contributed by atoms with Crippen LogP contribution in [-0.4, -0.2) is 42.0 Å². The van der Waals surface area contributed by atoms with E-state index in [9.17, 15) is 0 Å². The van der Waals surface area contributed by atoms with E-state index in [1.807, 2.05) is 6.92 Å². The van der Waals surface area contributed by atoms with Crippen LogP contribution in [0.15, 0.2) is 16.4 Å². The Morgan fingerprint density at radius 2 is 1.75 bits per heavy atom. The molecule has 3 N–H and O–H groups in total. The molecule has 0 radical (unpaired) electrons. The number of nitrogens with zero attached hydrogens (tertiary/aromatic N) is 2. The monoisotopic (exact) mass is 277 g/mol. The van der Waals surface area contributed by atoms with Crippen molar-refractivity contribution >= 4 is 23.3 Å². The van der Waals surface area contributed by atoms with E-state index in [0.717, 1.165) is 10.9 Å². The molecule has 0 amide bonds. The van der Waals surface area contributed by atoms with E-state index in [1.54, 1.807) is 13.2 Å². The third-order valence-corrected chi connectivity index (χ3v) is 3.15. The molecule has 0 saturated heterocycles. The van der Waals surface area contributed by atoms with Gasteiger partial charge in [0, 0.05) is 11.5 Å². The molecule has 7 nitrogen and oxygen atoms in total. The first kappa shape index (κ1) is 13.7. The van der Waals surface area contributed by atoms with Crippen molar-refractivity contribution in [1.82, 2.24) is 4.98 Å².